The molecule has 0 aliphatic heterocycles. The fraction of sp³-hybridized carbons (Fsp3) is 0.659. The first-order valence-corrected chi connectivity index (χ1v) is 36.6. The summed E-state index contributed by atoms with van der Waals surface area (Å²) in [7, 11) is 0. The maximum Gasteiger partial charge on any atom is 0.119 e. The molecule has 0 saturated carbocycles. The molecule has 4 aromatic rings. The van der Waals surface area contributed by atoms with Gasteiger partial charge >= 0.3 is 0 Å². The molecule has 0 N–H and O–H groups in total. The summed E-state index contributed by atoms with van der Waals surface area (Å²) in [5, 5.41) is 0. The molecular weight excluding hydrogens is 1050 g/mol. The molecule has 0 heterocycles. The molecule has 0 aromatic heterocycles. The van der Waals surface area contributed by atoms with E-state index in [-0.39, 0.29) is 0 Å². The third-order valence-electron chi connectivity index (χ3n) is 17.7. The van der Waals surface area contributed by atoms with Crippen LogP contribution in [0.1, 0.15) is 322 Å². The standard InChI is InChI=1S/2C41H66O2/c2*1-5-9-20-36(18-7-3)22-14-11-12-16-34-42-40-30-26-38(27-31-40)24-25-39-28-32-41(33-29-39)43-35-17-13-15-23-37(19-8-4)21-10-6-2/h2*24-33,36-37H,5-23,34-35H2,1-4H3/b25-24+;25-24-. The zero-order chi connectivity index (χ0) is 61.6. The van der Waals surface area contributed by atoms with Crippen molar-refractivity contribution in [2.45, 2.75) is 299 Å². The van der Waals surface area contributed by atoms with Crippen LogP contribution in [-0.2, 0) is 0 Å². The SMILES string of the molecule is CCCCC(CCC)CCCCCCOc1ccc(/C=C/c2ccc(OCCCCCC(CCC)CCCC)cc2)cc1.CCCCC(CCC)CCCCCCOc1ccc(/C=C\c2ccc(OCCCCCC(CCC)CCCC)cc2)cc1. The third kappa shape index (κ3) is 39.5. The molecule has 0 radical (unpaired) electrons. The smallest absolute Gasteiger partial charge is 0.119 e. The Balaban J connectivity index is 0.000000450. The van der Waals surface area contributed by atoms with E-state index in [1.807, 2.05) is 0 Å². The van der Waals surface area contributed by atoms with Crippen LogP contribution < -0.4 is 18.9 Å². The zero-order valence-electron chi connectivity index (χ0n) is 57.2. The van der Waals surface area contributed by atoms with Crippen LogP contribution in [0.4, 0.5) is 0 Å². The molecule has 0 saturated heterocycles. The number of unbranched alkanes of at least 4 members (excludes halogenated alkanes) is 14. The van der Waals surface area contributed by atoms with E-state index in [1.165, 1.54) is 241 Å². The first-order valence-electron chi connectivity index (χ1n) is 36.6. The van der Waals surface area contributed by atoms with Crippen LogP contribution >= 0.6 is 0 Å². The van der Waals surface area contributed by atoms with E-state index in [0.717, 1.165) is 98.8 Å². The highest BCUT2D eigenvalue weighted by atomic mass is 16.5. The third-order valence-corrected chi connectivity index (χ3v) is 17.7. The molecule has 484 valence electrons. The molecule has 0 amide bonds. The quantitative estimate of drug-likeness (QED) is 0.0326. The Labute approximate surface area is 532 Å². The lowest BCUT2D eigenvalue weighted by atomic mass is 9.91. The van der Waals surface area contributed by atoms with Gasteiger partial charge < -0.3 is 18.9 Å². The number of hydrogen-bond donors (Lipinski definition) is 0. The average molecular weight is 1180 g/mol. The Kier molecular flexibility index (Phi) is 47.2. The van der Waals surface area contributed by atoms with Crippen molar-refractivity contribution < 1.29 is 18.9 Å². The van der Waals surface area contributed by atoms with Gasteiger partial charge in [-0.3, -0.25) is 0 Å². The van der Waals surface area contributed by atoms with Gasteiger partial charge in [-0.05, 0) is 120 Å². The van der Waals surface area contributed by atoms with Gasteiger partial charge in [0.2, 0.25) is 0 Å². The van der Waals surface area contributed by atoms with E-state index in [4.69, 9.17) is 18.9 Å². The largest absolute Gasteiger partial charge is 0.494 e. The predicted molar refractivity (Wildman–Crippen MR) is 380 cm³/mol. The highest BCUT2D eigenvalue weighted by Gasteiger charge is 2.11. The van der Waals surface area contributed by atoms with E-state index in [2.05, 4.69) is 177 Å². The van der Waals surface area contributed by atoms with Gasteiger partial charge in [-0.25, -0.2) is 0 Å². The molecule has 0 aliphatic rings. The van der Waals surface area contributed by atoms with Crippen molar-refractivity contribution in [2.75, 3.05) is 26.4 Å². The van der Waals surface area contributed by atoms with Crippen LogP contribution in [0, 0.1) is 23.7 Å². The molecule has 4 aromatic carbocycles. The fourth-order valence-electron chi connectivity index (χ4n) is 12.4. The topological polar surface area (TPSA) is 36.9 Å². The summed E-state index contributed by atoms with van der Waals surface area (Å²) < 4.78 is 24.0. The zero-order valence-corrected chi connectivity index (χ0v) is 57.2. The van der Waals surface area contributed by atoms with Crippen LogP contribution in [-0.4, -0.2) is 26.4 Å². The van der Waals surface area contributed by atoms with Gasteiger partial charge in [-0.15, -0.1) is 0 Å². The lowest BCUT2D eigenvalue weighted by Crippen LogP contribution is -2.02. The monoisotopic (exact) mass is 1180 g/mol. The molecule has 4 heteroatoms. The van der Waals surface area contributed by atoms with Gasteiger partial charge in [0.1, 0.15) is 23.0 Å². The fourth-order valence-corrected chi connectivity index (χ4v) is 12.4. The van der Waals surface area contributed by atoms with Crippen molar-refractivity contribution >= 4 is 24.3 Å². The minimum absolute atomic E-state index is 0.815. The minimum Gasteiger partial charge on any atom is -0.494 e. The van der Waals surface area contributed by atoms with Crippen molar-refractivity contribution in [3.63, 3.8) is 0 Å². The van der Waals surface area contributed by atoms with E-state index >= 15 is 0 Å². The molecule has 0 spiro atoms. The first kappa shape index (κ1) is 75.8. The molecule has 0 bridgehead atoms. The molecule has 0 aliphatic carbocycles. The van der Waals surface area contributed by atoms with Gasteiger partial charge in [0.05, 0.1) is 26.4 Å². The number of ether oxygens (including phenoxy) is 4. The maximum absolute atomic E-state index is 6.01. The Morgan fingerprint density at radius 1 is 0.209 bits per heavy atom. The molecule has 4 nitrogen and oxygen atoms in total. The van der Waals surface area contributed by atoms with Crippen molar-refractivity contribution in [1.29, 1.82) is 0 Å². The number of hydrogen-bond acceptors (Lipinski definition) is 4. The van der Waals surface area contributed by atoms with Crippen molar-refractivity contribution in [3.05, 3.63) is 119 Å². The van der Waals surface area contributed by atoms with Gasteiger partial charge in [0.25, 0.3) is 0 Å². The summed E-state index contributed by atoms with van der Waals surface area (Å²) in [5.74, 6) is 7.66. The molecule has 0 fully saturated rings. The Morgan fingerprint density at radius 2 is 0.395 bits per heavy atom. The highest BCUT2D eigenvalue weighted by molar-refractivity contribution is 5.71. The summed E-state index contributed by atoms with van der Waals surface area (Å²) in [6.45, 7) is 21.8. The number of benzene rings is 4. The summed E-state index contributed by atoms with van der Waals surface area (Å²) in [6, 6.07) is 33.9. The Morgan fingerprint density at radius 3 is 0.593 bits per heavy atom. The predicted octanol–water partition coefficient (Wildman–Crippen LogP) is 26.7. The molecule has 4 unspecified atom stereocenters. The van der Waals surface area contributed by atoms with Crippen LogP contribution in [0.3, 0.4) is 0 Å². The van der Waals surface area contributed by atoms with Crippen LogP contribution in [0.2, 0.25) is 0 Å². The molecule has 4 atom stereocenters. The van der Waals surface area contributed by atoms with E-state index < -0.39 is 0 Å². The Bertz CT molecular complexity index is 1980. The second-order valence-corrected chi connectivity index (χ2v) is 25.6. The van der Waals surface area contributed by atoms with Crippen molar-refractivity contribution in [2.24, 2.45) is 23.7 Å². The maximum atomic E-state index is 6.01. The van der Waals surface area contributed by atoms with Gasteiger partial charge in [0, 0.05) is 0 Å². The molecule has 4 rings (SSSR count). The summed E-state index contributed by atoms with van der Waals surface area (Å²) in [6.07, 6.45) is 59.6. The average Bonchev–Trinajstić information content (AvgIpc) is 3.70. The second-order valence-electron chi connectivity index (χ2n) is 25.6. The van der Waals surface area contributed by atoms with Gasteiger partial charge in [-0.1, -0.05) is 347 Å². The minimum atomic E-state index is 0.815. The normalized spacial score (nSPS) is 12.9. The van der Waals surface area contributed by atoms with Crippen molar-refractivity contribution in [1.82, 2.24) is 0 Å². The highest BCUT2D eigenvalue weighted by Crippen LogP contribution is 2.27. The molecular formula is C82H132O4. The summed E-state index contributed by atoms with van der Waals surface area (Å²) >= 11 is 0. The van der Waals surface area contributed by atoms with E-state index in [1.54, 1.807) is 0 Å². The number of rotatable bonds is 54. The first-order chi connectivity index (χ1) is 42.4. The second kappa shape index (κ2) is 53.6. The summed E-state index contributed by atoms with van der Waals surface area (Å²) in [5.41, 5.74) is 4.75. The van der Waals surface area contributed by atoms with Crippen molar-refractivity contribution in [3.8, 4) is 23.0 Å². The lowest BCUT2D eigenvalue weighted by molar-refractivity contribution is 0.299. The lowest BCUT2D eigenvalue weighted by Gasteiger charge is -2.15. The Hall–Kier alpha value is -4.44. The van der Waals surface area contributed by atoms with Gasteiger partial charge in [0.15, 0.2) is 0 Å². The van der Waals surface area contributed by atoms with Gasteiger partial charge in [-0.2, -0.15) is 0 Å². The molecule has 86 heavy (non-hydrogen) atoms. The van der Waals surface area contributed by atoms with Crippen LogP contribution in [0.25, 0.3) is 24.3 Å². The summed E-state index contributed by atoms with van der Waals surface area (Å²) in [4.78, 5) is 0. The van der Waals surface area contributed by atoms with Crippen LogP contribution in [0.15, 0.2) is 97.1 Å². The van der Waals surface area contributed by atoms with E-state index in [0.29, 0.717) is 0 Å². The van der Waals surface area contributed by atoms with Crippen LogP contribution in [0.5, 0.6) is 23.0 Å². The van der Waals surface area contributed by atoms with E-state index in [9.17, 15) is 0 Å².